The average Bonchev–Trinajstić information content (AvgIpc) is 3.65. The first-order valence-electron chi connectivity index (χ1n) is 20.0. The highest BCUT2D eigenvalue weighted by Crippen LogP contribution is 2.47. The first-order valence-corrected chi connectivity index (χ1v) is 20.0. The van der Waals surface area contributed by atoms with Crippen molar-refractivity contribution in [2.45, 2.75) is 0 Å². The predicted molar refractivity (Wildman–Crippen MR) is 248 cm³/mol. The summed E-state index contributed by atoms with van der Waals surface area (Å²) >= 11 is 0. The number of para-hydroxylation sites is 1. The zero-order valence-corrected chi connectivity index (χ0v) is 31.9. The van der Waals surface area contributed by atoms with E-state index in [4.69, 9.17) is 11.6 Å². The second-order valence-corrected chi connectivity index (χ2v) is 15.3. The molecule has 0 saturated carbocycles. The number of hydrogen-bond donors (Lipinski definition) is 0. The minimum absolute atomic E-state index is 0.680. The van der Waals surface area contributed by atoms with Gasteiger partial charge in [0.25, 0.3) is 0 Å². The van der Waals surface area contributed by atoms with Crippen LogP contribution in [0.15, 0.2) is 200 Å². The minimum Gasteiger partial charge on any atom is -0.309 e. The van der Waals surface area contributed by atoms with Gasteiger partial charge >= 0.3 is 0 Å². The molecule has 0 aliphatic heterocycles. The van der Waals surface area contributed by atoms with Crippen LogP contribution in [0.2, 0.25) is 0 Å². The lowest BCUT2D eigenvalue weighted by atomic mass is 9.85. The second-order valence-electron chi connectivity index (χ2n) is 15.3. The minimum atomic E-state index is 0.680. The molecule has 0 unspecified atom stereocenters. The Labute approximate surface area is 340 Å². The molecule has 0 amide bonds. The number of nitrogens with zero attached hydrogens (tertiary/aromatic N) is 3. The van der Waals surface area contributed by atoms with E-state index in [9.17, 15) is 0 Å². The molecule has 3 nitrogen and oxygen atoms in total. The largest absolute Gasteiger partial charge is 0.309 e. The molecule has 0 atom stereocenters. The molecule has 0 bridgehead atoms. The molecule has 12 rings (SSSR count). The Morgan fingerprint density at radius 3 is 1.66 bits per heavy atom. The van der Waals surface area contributed by atoms with E-state index in [1.807, 2.05) is 18.3 Å². The van der Waals surface area contributed by atoms with Gasteiger partial charge in [-0.25, -0.2) is 4.85 Å². The fraction of sp³-hybridized carbons (Fsp3) is 0. The highest BCUT2D eigenvalue weighted by atomic mass is 15.0. The normalized spacial score (nSPS) is 11.7. The molecule has 0 saturated heterocycles. The third-order valence-electron chi connectivity index (χ3n) is 12.2. The number of benzene rings is 10. The van der Waals surface area contributed by atoms with Crippen LogP contribution in [0.3, 0.4) is 0 Å². The first kappa shape index (κ1) is 33.1. The van der Waals surface area contributed by atoms with E-state index in [0.29, 0.717) is 5.69 Å². The Balaban J connectivity index is 0.948. The smallest absolute Gasteiger partial charge is 0.195 e. The van der Waals surface area contributed by atoms with E-state index in [1.165, 1.54) is 65.3 Å². The van der Waals surface area contributed by atoms with Crippen LogP contribution in [0.4, 0.5) is 5.69 Å². The van der Waals surface area contributed by atoms with Crippen LogP contribution in [0, 0.1) is 6.57 Å². The summed E-state index contributed by atoms with van der Waals surface area (Å²) in [5.74, 6) is 0. The van der Waals surface area contributed by atoms with Crippen LogP contribution in [-0.2, 0) is 0 Å². The standard InChI is InChI=1S/C56H33N3/c1-57-50-31-33-52-56-48(50)28-27-47-41(29-32-51(55(47)56)59(52)39-14-3-2-4-15-39)36-22-24-37(25-23-36)49-30-26-38(34-58-49)53-43-17-7-9-19-45(43)54(46-20-10-8-18-44(46)53)42-21-11-13-35-12-5-6-16-40(35)42/h2-34H. The summed E-state index contributed by atoms with van der Waals surface area (Å²) in [7, 11) is 0. The van der Waals surface area contributed by atoms with Gasteiger partial charge in [0.1, 0.15) is 0 Å². The molecule has 3 heteroatoms. The summed E-state index contributed by atoms with van der Waals surface area (Å²) in [5.41, 5.74) is 13.2. The highest BCUT2D eigenvalue weighted by molar-refractivity contribution is 6.29. The van der Waals surface area contributed by atoms with Crippen molar-refractivity contribution in [2.24, 2.45) is 0 Å². The SMILES string of the molecule is [C-]#[N+]c1ccc2c3c1ccc1c(-c4ccc(-c5ccc(-c6c7ccccc7c(-c7cccc8ccccc78)c7ccccc67)cn5)cc4)ccc(c13)n2-c1ccccc1. The van der Waals surface area contributed by atoms with Crippen molar-refractivity contribution in [1.29, 1.82) is 0 Å². The summed E-state index contributed by atoms with van der Waals surface area (Å²) in [6, 6.07) is 69.4. The topological polar surface area (TPSA) is 22.2 Å². The predicted octanol–water partition coefficient (Wildman–Crippen LogP) is 15.4. The van der Waals surface area contributed by atoms with Crippen molar-refractivity contribution in [3.8, 4) is 50.3 Å². The van der Waals surface area contributed by atoms with Gasteiger partial charge in [-0.1, -0.05) is 164 Å². The van der Waals surface area contributed by atoms with Crippen LogP contribution in [0.5, 0.6) is 0 Å². The van der Waals surface area contributed by atoms with E-state index < -0.39 is 0 Å². The van der Waals surface area contributed by atoms with Crippen LogP contribution in [0.1, 0.15) is 0 Å². The number of rotatable bonds is 5. The Morgan fingerprint density at radius 2 is 0.966 bits per heavy atom. The Bertz CT molecular complexity index is 3580. The number of hydrogen-bond acceptors (Lipinski definition) is 1. The van der Waals surface area contributed by atoms with Gasteiger partial charge in [0.2, 0.25) is 0 Å². The summed E-state index contributed by atoms with van der Waals surface area (Å²) < 4.78 is 2.33. The molecule has 0 fully saturated rings. The number of fused-ring (bicyclic) bond motifs is 3. The van der Waals surface area contributed by atoms with Gasteiger partial charge in [0.05, 0.1) is 23.3 Å². The van der Waals surface area contributed by atoms with Crippen LogP contribution in [-0.4, -0.2) is 9.55 Å². The molecule has 0 aliphatic carbocycles. The third-order valence-corrected chi connectivity index (χ3v) is 12.2. The lowest BCUT2D eigenvalue weighted by Crippen LogP contribution is -1.93. The summed E-state index contributed by atoms with van der Waals surface area (Å²) in [6.07, 6.45) is 2.04. The number of pyridine rings is 1. The fourth-order valence-electron chi connectivity index (χ4n) is 9.65. The van der Waals surface area contributed by atoms with Crippen LogP contribution in [0.25, 0.3) is 120 Å². The molecule has 0 aliphatic rings. The van der Waals surface area contributed by atoms with Gasteiger partial charge in [-0.2, -0.15) is 0 Å². The zero-order valence-electron chi connectivity index (χ0n) is 31.9. The summed E-state index contributed by atoms with van der Waals surface area (Å²) in [4.78, 5) is 8.97. The molecular formula is C56H33N3. The van der Waals surface area contributed by atoms with E-state index in [0.717, 1.165) is 49.9 Å². The maximum Gasteiger partial charge on any atom is 0.195 e. The Morgan fingerprint density at radius 1 is 0.390 bits per heavy atom. The van der Waals surface area contributed by atoms with Gasteiger partial charge in [-0.15, -0.1) is 0 Å². The van der Waals surface area contributed by atoms with Crippen LogP contribution >= 0.6 is 0 Å². The zero-order chi connectivity index (χ0) is 39.0. The van der Waals surface area contributed by atoms with Gasteiger partial charge in [0, 0.05) is 33.8 Å². The highest BCUT2D eigenvalue weighted by Gasteiger charge is 2.21. The van der Waals surface area contributed by atoms with Crippen molar-refractivity contribution >= 4 is 70.6 Å². The van der Waals surface area contributed by atoms with Gasteiger partial charge in [-0.05, 0) is 101 Å². The molecule has 0 spiro atoms. The molecule has 0 radical (unpaired) electrons. The van der Waals surface area contributed by atoms with Crippen molar-refractivity contribution in [3.63, 3.8) is 0 Å². The molecular weight excluding hydrogens is 715 g/mol. The molecule has 272 valence electrons. The molecule has 59 heavy (non-hydrogen) atoms. The Hall–Kier alpha value is -8.06. The molecule has 0 N–H and O–H groups in total. The van der Waals surface area contributed by atoms with Gasteiger partial charge in [0.15, 0.2) is 5.69 Å². The van der Waals surface area contributed by atoms with Crippen molar-refractivity contribution < 1.29 is 0 Å². The summed E-state index contributed by atoms with van der Waals surface area (Å²) in [5, 5.41) is 11.9. The van der Waals surface area contributed by atoms with Gasteiger partial charge < -0.3 is 4.57 Å². The van der Waals surface area contributed by atoms with E-state index >= 15 is 0 Å². The molecule has 12 aromatic rings. The average molecular weight is 748 g/mol. The van der Waals surface area contributed by atoms with E-state index in [2.05, 4.69) is 191 Å². The molecule has 2 heterocycles. The summed E-state index contributed by atoms with van der Waals surface area (Å²) in [6.45, 7) is 7.89. The van der Waals surface area contributed by atoms with Crippen LogP contribution < -0.4 is 0 Å². The molecule has 2 aromatic heterocycles. The van der Waals surface area contributed by atoms with E-state index in [-0.39, 0.29) is 0 Å². The monoisotopic (exact) mass is 747 g/mol. The maximum atomic E-state index is 7.89. The number of aromatic nitrogens is 2. The second kappa shape index (κ2) is 13.0. The first-order chi connectivity index (χ1) is 29.2. The fourth-order valence-corrected chi connectivity index (χ4v) is 9.65. The lowest BCUT2D eigenvalue weighted by molar-refractivity contribution is 1.18. The Kier molecular flexibility index (Phi) is 7.29. The maximum absolute atomic E-state index is 7.89. The quantitative estimate of drug-likeness (QED) is 0.0976. The molecule has 10 aromatic carbocycles. The van der Waals surface area contributed by atoms with Gasteiger partial charge in [-0.3, -0.25) is 4.98 Å². The third kappa shape index (κ3) is 4.97. The van der Waals surface area contributed by atoms with Crippen molar-refractivity contribution in [2.75, 3.05) is 0 Å². The lowest BCUT2D eigenvalue weighted by Gasteiger charge is -2.18. The van der Waals surface area contributed by atoms with Crippen molar-refractivity contribution in [3.05, 3.63) is 212 Å². The van der Waals surface area contributed by atoms with Crippen molar-refractivity contribution in [1.82, 2.24) is 9.55 Å². The van der Waals surface area contributed by atoms with E-state index in [1.54, 1.807) is 0 Å².